The number of anilines is 1. The van der Waals surface area contributed by atoms with Crippen molar-refractivity contribution in [2.75, 3.05) is 31.5 Å². The lowest BCUT2D eigenvalue weighted by Crippen LogP contribution is -2.52. The van der Waals surface area contributed by atoms with Gasteiger partial charge >= 0.3 is 6.36 Å². The van der Waals surface area contributed by atoms with Crippen LogP contribution in [0.3, 0.4) is 0 Å². The SMILES string of the molecule is CCC(C)N1CCN(C(=O)[C@H]2CC[C@@H](Nc3ccc(OC(F)(F)F)cc3)CC2)CC1. The lowest BCUT2D eigenvalue weighted by atomic mass is 9.85. The molecule has 1 aromatic rings. The van der Waals surface area contributed by atoms with Gasteiger partial charge < -0.3 is 15.0 Å². The zero-order chi connectivity index (χ0) is 21.7. The van der Waals surface area contributed by atoms with Gasteiger partial charge in [0.1, 0.15) is 5.75 Å². The van der Waals surface area contributed by atoms with Gasteiger partial charge in [-0.3, -0.25) is 9.69 Å². The van der Waals surface area contributed by atoms with E-state index < -0.39 is 6.36 Å². The molecule has 3 rings (SSSR count). The quantitative estimate of drug-likeness (QED) is 0.726. The molecule has 2 fully saturated rings. The van der Waals surface area contributed by atoms with Gasteiger partial charge in [0.25, 0.3) is 0 Å². The van der Waals surface area contributed by atoms with Crippen LogP contribution in [0.15, 0.2) is 24.3 Å². The maximum absolute atomic E-state index is 12.9. The smallest absolute Gasteiger partial charge is 0.406 e. The van der Waals surface area contributed by atoms with E-state index in [-0.39, 0.29) is 23.6 Å². The number of amides is 1. The Balaban J connectivity index is 1.42. The predicted molar refractivity (Wildman–Crippen MR) is 110 cm³/mol. The number of ether oxygens (including phenoxy) is 1. The van der Waals surface area contributed by atoms with Gasteiger partial charge in [0.05, 0.1) is 0 Å². The minimum absolute atomic E-state index is 0.0840. The van der Waals surface area contributed by atoms with Gasteiger partial charge in [-0.2, -0.15) is 0 Å². The Morgan fingerprint density at radius 1 is 1.10 bits per heavy atom. The van der Waals surface area contributed by atoms with E-state index in [2.05, 4.69) is 28.8 Å². The summed E-state index contributed by atoms with van der Waals surface area (Å²) in [5.74, 6) is 0.141. The molecule has 30 heavy (non-hydrogen) atoms. The fourth-order valence-electron chi connectivity index (χ4n) is 4.37. The van der Waals surface area contributed by atoms with E-state index in [1.165, 1.54) is 12.1 Å². The van der Waals surface area contributed by atoms with E-state index >= 15 is 0 Å². The number of benzene rings is 1. The van der Waals surface area contributed by atoms with Gasteiger partial charge in [0.15, 0.2) is 0 Å². The molecule has 8 heteroatoms. The molecule has 1 heterocycles. The molecule has 1 amide bonds. The van der Waals surface area contributed by atoms with Crippen molar-refractivity contribution in [3.63, 3.8) is 0 Å². The largest absolute Gasteiger partial charge is 0.573 e. The first kappa shape index (κ1) is 22.7. The van der Waals surface area contributed by atoms with Crippen LogP contribution in [0.5, 0.6) is 5.75 Å². The molecular formula is C22H32F3N3O2. The topological polar surface area (TPSA) is 44.8 Å². The van der Waals surface area contributed by atoms with Crippen LogP contribution in [0.2, 0.25) is 0 Å². The van der Waals surface area contributed by atoms with Gasteiger partial charge in [-0.05, 0) is 63.3 Å². The van der Waals surface area contributed by atoms with Crippen LogP contribution in [0.1, 0.15) is 46.0 Å². The highest BCUT2D eigenvalue weighted by atomic mass is 19.4. The minimum atomic E-state index is -4.68. The average molecular weight is 428 g/mol. The third-order valence-corrected chi connectivity index (χ3v) is 6.38. The van der Waals surface area contributed by atoms with E-state index in [1.807, 2.05) is 4.90 Å². The fraction of sp³-hybridized carbons (Fsp3) is 0.682. The van der Waals surface area contributed by atoms with E-state index in [9.17, 15) is 18.0 Å². The number of carbonyl (C=O) groups is 1. The second-order valence-electron chi connectivity index (χ2n) is 8.38. The molecule has 1 N–H and O–H groups in total. The summed E-state index contributed by atoms with van der Waals surface area (Å²) in [6, 6.07) is 6.60. The normalized spacial score (nSPS) is 24.4. The van der Waals surface area contributed by atoms with Crippen LogP contribution in [0, 0.1) is 5.92 Å². The molecule has 5 nitrogen and oxygen atoms in total. The summed E-state index contributed by atoms with van der Waals surface area (Å²) in [7, 11) is 0. The van der Waals surface area contributed by atoms with Crippen molar-refractivity contribution in [3.05, 3.63) is 24.3 Å². The second-order valence-corrected chi connectivity index (χ2v) is 8.38. The van der Waals surface area contributed by atoms with Crippen molar-refractivity contribution >= 4 is 11.6 Å². The number of hydrogen-bond acceptors (Lipinski definition) is 4. The highest BCUT2D eigenvalue weighted by Gasteiger charge is 2.32. The Morgan fingerprint density at radius 3 is 2.23 bits per heavy atom. The molecule has 0 spiro atoms. The maximum atomic E-state index is 12.9. The molecule has 0 radical (unpaired) electrons. The molecule has 1 unspecified atom stereocenters. The Labute approximate surface area is 176 Å². The van der Waals surface area contributed by atoms with E-state index in [1.54, 1.807) is 12.1 Å². The van der Waals surface area contributed by atoms with E-state index in [0.717, 1.165) is 64.0 Å². The number of rotatable bonds is 6. The maximum Gasteiger partial charge on any atom is 0.573 e. The summed E-state index contributed by atoms with van der Waals surface area (Å²) < 4.78 is 40.6. The molecule has 0 bridgehead atoms. The molecule has 1 aliphatic heterocycles. The standard InChI is InChI=1S/C22H32F3N3O2/c1-3-16(2)27-12-14-28(15-13-27)21(29)17-4-6-18(7-5-17)26-19-8-10-20(11-9-19)30-22(23,24)25/h8-11,16-18,26H,3-7,12-15H2,1-2H3/t16?,17-,18+. The highest BCUT2D eigenvalue weighted by molar-refractivity contribution is 5.79. The van der Waals surface area contributed by atoms with E-state index in [4.69, 9.17) is 0 Å². The minimum Gasteiger partial charge on any atom is -0.406 e. The molecule has 1 aliphatic carbocycles. The zero-order valence-electron chi connectivity index (χ0n) is 17.8. The van der Waals surface area contributed by atoms with Crippen LogP contribution >= 0.6 is 0 Å². The summed E-state index contributed by atoms with van der Waals surface area (Å²) in [6.45, 7) is 7.96. The molecular weight excluding hydrogens is 395 g/mol. The van der Waals surface area contributed by atoms with Gasteiger partial charge in [-0.25, -0.2) is 0 Å². The molecule has 0 aromatic heterocycles. The number of alkyl halides is 3. The highest BCUT2D eigenvalue weighted by Crippen LogP contribution is 2.30. The van der Waals surface area contributed by atoms with Crippen molar-refractivity contribution < 1.29 is 22.7 Å². The number of halogens is 3. The fourth-order valence-corrected chi connectivity index (χ4v) is 4.37. The first-order valence-electron chi connectivity index (χ1n) is 10.9. The Morgan fingerprint density at radius 2 is 1.70 bits per heavy atom. The second kappa shape index (κ2) is 9.90. The number of piperazine rings is 1. The summed E-state index contributed by atoms with van der Waals surface area (Å²) in [5, 5.41) is 3.37. The predicted octanol–water partition coefficient (Wildman–Crippen LogP) is 4.50. The van der Waals surface area contributed by atoms with Crippen molar-refractivity contribution in [1.82, 2.24) is 9.80 Å². The summed E-state index contributed by atoms with van der Waals surface area (Å²) in [6.07, 6.45) is -0.105. The summed E-state index contributed by atoms with van der Waals surface area (Å²) in [5.41, 5.74) is 0.764. The third-order valence-electron chi connectivity index (χ3n) is 6.38. The molecule has 1 saturated heterocycles. The van der Waals surface area contributed by atoms with Crippen molar-refractivity contribution in [2.24, 2.45) is 5.92 Å². The van der Waals surface area contributed by atoms with Crippen molar-refractivity contribution in [2.45, 2.75) is 64.4 Å². The molecule has 1 aromatic carbocycles. The monoisotopic (exact) mass is 427 g/mol. The van der Waals surface area contributed by atoms with Crippen molar-refractivity contribution in [3.8, 4) is 5.75 Å². The molecule has 168 valence electrons. The Hall–Kier alpha value is -1.96. The number of nitrogens with zero attached hydrogens (tertiary/aromatic N) is 2. The molecule has 1 saturated carbocycles. The molecule has 2 aliphatic rings. The number of carbonyl (C=O) groups excluding carboxylic acids is 1. The van der Waals surface area contributed by atoms with Crippen LogP contribution in [-0.4, -0.2) is 60.3 Å². The molecule has 1 atom stereocenters. The van der Waals surface area contributed by atoms with Crippen LogP contribution in [-0.2, 0) is 4.79 Å². The van der Waals surface area contributed by atoms with Crippen LogP contribution in [0.25, 0.3) is 0 Å². The Kier molecular flexibility index (Phi) is 7.50. The van der Waals surface area contributed by atoms with Gasteiger partial charge in [-0.15, -0.1) is 13.2 Å². The van der Waals surface area contributed by atoms with Gasteiger partial charge in [-0.1, -0.05) is 6.92 Å². The van der Waals surface area contributed by atoms with Crippen molar-refractivity contribution in [1.29, 1.82) is 0 Å². The lowest BCUT2D eigenvalue weighted by Gasteiger charge is -2.40. The Bertz CT molecular complexity index is 680. The first-order valence-corrected chi connectivity index (χ1v) is 10.9. The van der Waals surface area contributed by atoms with E-state index in [0.29, 0.717) is 6.04 Å². The van der Waals surface area contributed by atoms with Crippen LogP contribution < -0.4 is 10.1 Å². The van der Waals surface area contributed by atoms with Gasteiger partial charge in [0, 0.05) is 49.9 Å². The first-order chi connectivity index (χ1) is 14.2. The third kappa shape index (κ3) is 6.27. The number of hydrogen-bond donors (Lipinski definition) is 1. The summed E-state index contributed by atoms with van der Waals surface area (Å²) in [4.78, 5) is 17.4. The van der Waals surface area contributed by atoms with Crippen LogP contribution in [0.4, 0.5) is 18.9 Å². The summed E-state index contributed by atoms with van der Waals surface area (Å²) >= 11 is 0. The van der Waals surface area contributed by atoms with Gasteiger partial charge in [0.2, 0.25) is 5.91 Å². The zero-order valence-corrected chi connectivity index (χ0v) is 17.8. The average Bonchev–Trinajstić information content (AvgIpc) is 2.74. The lowest BCUT2D eigenvalue weighted by molar-refractivity contribution is -0.274. The number of nitrogens with one attached hydrogen (secondary N) is 1.